The molecule has 0 saturated heterocycles. The van der Waals surface area contributed by atoms with Crippen LogP contribution < -0.4 is 48.7 Å². The number of halogens is 1. The number of aliphatic hydroxyl groups is 2. The van der Waals surface area contributed by atoms with Crippen LogP contribution in [-0.4, -0.2) is 157 Å². The summed E-state index contributed by atoms with van der Waals surface area (Å²) in [6.45, 7) is 3.98. The van der Waals surface area contributed by atoms with E-state index in [-0.39, 0.29) is 76.1 Å². The summed E-state index contributed by atoms with van der Waals surface area (Å²) in [4.78, 5) is 152. The largest absolute Gasteiger partial charge is 0.459 e. The maximum Gasteiger partial charge on any atom is 0.419 e. The molecule has 116 heavy (non-hydrogen) atoms. The number of ether oxygens (including phenoxy) is 4. The molecule has 0 spiro atoms. The second kappa shape index (κ2) is 50.2. The van der Waals surface area contributed by atoms with Gasteiger partial charge in [-0.15, -0.1) is 12.4 Å². The van der Waals surface area contributed by atoms with Crippen LogP contribution in [0.1, 0.15) is 128 Å². The van der Waals surface area contributed by atoms with Crippen molar-refractivity contribution in [2.24, 2.45) is 17.4 Å². The van der Waals surface area contributed by atoms with E-state index < -0.39 is 133 Å². The third-order valence-electron chi connectivity index (χ3n) is 18.2. The monoisotopic (exact) mass is 1610 g/mol. The smallest absolute Gasteiger partial charge is 0.419 e. The SMILES string of the molecule is CB=O.CCCC(NC(=O)[C@@H](N)Cc1cn(C(=O)OCc2ccccc2)cn1)C(O)C(=O)NCC(=O)N[C@H](C(=O)OCc1ccccc1)c1ccccc1.CCCC(NC(=O)[C@H](Cc1cn(C(=O)OCc2ccccc2)cn1)NC(=O)[C@@H](N)C1CCCCC1)C(O)C(=O)NCC(=O)N[C@H](C(=O)OCc1ccccc1)c1ccccc1.Cl. The molecule has 9 rings (SSSR count). The van der Waals surface area contributed by atoms with E-state index in [4.69, 9.17) is 35.1 Å². The van der Waals surface area contributed by atoms with Gasteiger partial charge in [-0.2, -0.15) is 0 Å². The van der Waals surface area contributed by atoms with Crippen molar-refractivity contribution in [2.45, 2.75) is 172 Å². The number of carbonyl (C=O) groups is 11. The van der Waals surface area contributed by atoms with E-state index in [0.29, 0.717) is 29.7 Å². The fourth-order valence-electron chi connectivity index (χ4n) is 12.1. The van der Waals surface area contributed by atoms with Crippen LogP contribution in [0.2, 0.25) is 6.82 Å². The molecule has 0 bridgehead atoms. The number of rotatable bonds is 37. The molecule has 33 heteroatoms. The number of imidazole rings is 2. The quantitative estimate of drug-likeness (QED) is 0.0118. The summed E-state index contributed by atoms with van der Waals surface area (Å²) in [6, 6.07) is 45.6. The fourth-order valence-corrected chi connectivity index (χ4v) is 12.1. The second-order valence-electron chi connectivity index (χ2n) is 27.0. The molecule has 1 aliphatic rings. The molecule has 2 aromatic heterocycles. The standard InChI is InChI=1S/C45H55N7O9.C37H42N6O8.CH3BO.ClH/c1-2-15-35(40(54)43(57)47-25-37(53)51-39(33-22-13-6-14-23-33)44(58)60-27-30-16-7-3-8-17-30)49-41(55)36(50-42(56)38(46)32-20-11-5-12-21-32)24-34-26-52(29-48-34)45(59)61-28-31-18-9-4-10-19-31;1-2-12-30(41-34(46)29(38)19-28-21-43(24-40-28)37(49)51-23-26-15-8-4-9-16-26)33(45)35(47)39-20-31(44)42-32(27-17-10-5-11-18-27)36(48)50-22-25-13-6-3-7-14-25;1-2-3;/h3-4,6-10,13-14,16-19,22-23,26,29,32,35-36,38-40,54H,2,5,11-12,15,20-21,24-25,27-28,46H2,1H3,(H,47,57)(H,49,55)(H,50,56)(H,51,53);3-11,13-18,21,24,29-30,32-33,45H,2,12,19-20,22-23,38H2,1H3,(H,39,47)(H,41,46)(H,42,44);1H3;1H/t35?,36-,38-,39-,40?;29-,30?,32-,33?;;/m00../s1. The summed E-state index contributed by atoms with van der Waals surface area (Å²) in [5, 5.41) is 40.0. The number of hydrogen-bond acceptors (Lipinski definition) is 22. The first-order chi connectivity index (χ1) is 55.6. The summed E-state index contributed by atoms with van der Waals surface area (Å²) in [6.07, 6.45) is 6.07. The Balaban J connectivity index is 0.000000351. The Morgan fingerprint density at radius 1 is 0.466 bits per heavy atom. The molecule has 9 atom stereocenters. The molecule has 1 saturated carbocycles. The Bertz CT molecular complexity index is 4400. The molecule has 616 valence electrons. The molecule has 1 fully saturated rings. The number of hydrogen-bond donors (Lipinski definition) is 11. The van der Waals surface area contributed by atoms with Crippen LogP contribution in [0, 0.1) is 5.92 Å². The minimum absolute atomic E-state index is 0. The third-order valence-corrected chi connectivity index (χ3v) is 18.2. The van der Waals surface area contributed by atoms with Crippen LogP contribution in [0.15, 0.2) is 207 Å². The molecule has 7 amide bonds. The second-order valence-corrected chi connectivity index (χ2v) is 27.0. The first-order valence-electron chi connectivity index (χ1n) is 37.9. The first-order valence-corrected chi connectivity index (χ1v) is 37.9. The van der Waals surface area contributed by atoms with Crippen LogP contribution in [0.3, 0.4) is 0 Å². The Hall–Kier alpha value is -12.1. The van der Waals surface area contributed by atoms with Crippen molar-refractivity contribution in [1.29, 1.82) is 0 Å². The minimum Gasteiger partial charge on any atom is -0.459 e. The van der Waals surface area contributed by atoms with Gasteiger partial charge in [-0.3, -0.25) is 33.6 Å². The molecule has 2 heterocycles. The number of esters is 2. The average Bonchev–Trinajstić information content (AvgIpc) is 1.76. The van der Waals surface area contributed by atoms with Crippen LogP contribution in [0.4, 0.5) is 9.59 Å². The molecular formula is C83H101BClN13O18. The Kier molecular flexibility index (Phi) is 40.1. The van der Waals surface area contributed by atoms with E-state index in [9.17, 15) is 63.0 Å². The zero-order valence-electron chi connectivity index (χ0n) is 64.8. The number of aliphatic hydroxyl groups excluding tert-OH is 2. The Morgan fingerprint density at radius 2 is 0.810 bits per heavy atom. The number of nitrogens with zero attached hydrogens (tertiary/aromatic N) is 4. The molecule has 13 N–H and O–H groups in total. The predicted molar refractivity (Wildman–Crippen MR) is 429 cm³/mol. The van der Waals surface area contributed by atoms with Gasteiger partial charge in [-0.05, 0) is 65.0 Å². The molecule has 0 radical (unpaired) electrons. The number of nitrogens with one attached hydrogen (secondary N) is 7. The van der Waals surface area contributed by atoms with Crippen LogP contribution >= 0.6 is 12.4 Å². The van der Waals surface area contributed by atoms with Crippen LogP contribution in [0.25, 0.3) is 0 Å². The number of carbonyl (C=O) groups excluding carboxylic acids is 11. The van der Waals surface area contributed by atoms with Crippen molar-refractivity contribution in [2.75, 3.05) is 13.1 Å². The van der Waals surface area contributed by atoms with Gasteiger partial charge >= 0.3 is 42.8 Å². The number of nitrogens with two attached hydrogens (primary N) is 2. The van der Waals surface area contributed by atoms with Crippen LogP contribution in [-0.2, 0) is 106 Å². The van der Waals surface area contributed by atoms with Gasteiger partial charge in [0.15, 0.2) is 24.3 Å². The number of aromatic nitrogens is 4. The summed E-state index contributed by atoms with van der Waals surface area (Å²) >= 11 is 0. The summed E-state index contributed by atoms with van der Waals surface area (Å²) in [7, 11) is 0.750. The van der Waals surface area contributed by atoms with Crippen molar-refractivity contribution < 1.29 is 86.6 Å². The van der Waals surface area contributed by atoms with E-state index in [2.05, 4.69) is 47.2 Å². The summed E-state index contributed by atoms with van der Waals surface area (Å²) < 4.78 is 32.7. The van der Waals surface area contributed by atoms with Crippen molar-refractivity contribution in [3.63, 3.8) is 0 Å². The Morgan fingerprint density at radius 3 is 1.18 bits per heavy atom. The van der Waals surface area contributed by atoms with E-state index in [1.54, 1.807) is 98.8 Å². The topological polar surface area (TPSA) is 454 Å². The summed E-state index contributed by atoms with van der Waals surface area (Å²) in [5.74, 6) is -6.69. The fraction of sp³-hybridized carbons (Fsp3) is 0.361. The van der Waals surface area contributed by atoms with Gasteiger partial charge in [-0.1, -0.05) is 228 Å². The molecule has 4 unspecified atom stereocenters. The maximum atomic E-state index is 14.0. The van der Waals surface area contributed by atoms with Gasteiger partial charge in [0.1, 0.15) is 45.1 Å². The van der Waals surface area contributed by atoms with E-state index in [1.165, 1.54) is 31.9 Å². The average molecular weight is 1620 g/mol. The third kappa shape index (κ3) is 31.4. The van der Waals surface area contributed by atoms with Crippen LogP contribution in [0.5, 0.6) is 0 Å². The van der Waals surface area contributed by atoms with Crippen molar-refractivity contribution in [3.05, 3.63) is 252 Å². The number of benzene rings is 6. The predicted octanol–water partition coefficient (Wildman–Crippen LogP) is 6.17. The Labute approximate surface area is 679 Å². The molecule has 6 aromatic carbocycles. The van der Waals surface area contributed by atoms with Gasteiger partial charge in [0, 0.05) is 25.2 Å². The zero-order valence-corrected chi connectivity index (χ0v) is 65.6. The molecule has 1 aliphatic carbocycles. The van der Waals surface area contributed by atoms with Gasteiger partial charge in [-0.25, -0.2) is 38.3 Å². The van der Waals surface area contributed by atoms with Gasteiger partial charge in [0.2, 0.25) is 29.5 Å². The molecular weight excluding hydrogens is 1510 g/mol. The number of amides is 7. The first kappa shape index (κ1) is 92.8. The van der Waals surface area contributed by atoms with Crippen molar-refractivity contribution >= 4 is 85.0 Å². The van der Waals surface area contributed by atoms with Gasteiger partial charge in [0.25, 0.3) is 11.8 Å². The maximum absolute atomic E-state index is 14.0. The normalized spacial score (nSPS) is 13.9. The van der Waals surface area contributed by atoms with Gasteiger partial charge in [0.05, 0.1) is 48.6 Å². The summed E-state index contributed by atoms with van der Waals surface area (Å²) in [5.41, 5.74) is 17.2. The van der Waals surface area contributed by atoms with E-state index in [0.717, 1.165) is 70.6 Å². The van der Waals surface area contributed by atoms with Crippen molar-refractivity contribution in [3.8, 4) is 0 Å². The van der Waals surface area contributed by atoms with Gasteiger partial charge < -0.3 is 77.8 Å². The zero-order chi connectivity index (χ0) is 82.9. The minimum atomic E-state index is -1.81. The van der Waals surface area contributed by atoms with E-state index >= 15 is 0 Å². The van der Waals surface area contributed by atoms with Crippen molar-refractivity contribution in [1.82, 2.24) is 56.3 Å². The molecule has 31 nitrogen and oxygen atoms in total. The molecule has 8 aromatic rings. The van der Waals surface area contributed by atoms with E-state index in [1.807, 2.05) is 97.1 Å². The molecule has 0 aliphatic heterocycles.